The number of imidazole rings is 1. The number of H-pyrrole nitrogens is 2. The van der Waals surface area contributed by atoms with E-state index >= 15 is 0 Å². The summed E-state index contributed by atoms with van der Waals surface area (Å²) in [5, 5.41) is 12.4. The Hall–Kier alpha value is -4.42. The maximum Gasteiger partial charge on any atom is 0.328 e. The molecule has 1 amide bonds. The standard InChI is InChI=1S/C26H27N5O6S/c1-36-25(34)21(30-23(32)20(27)12-17-13-28-14-29-17)10-15-2-6-18(7-3-15)37-19-8-4-16(5-9-19)11-22-24(33)31-26(35)38-22/h2-9,13-14,20-21,33H,10-12,27H2,1H3,(H,28,29)(H,30,32)(H,31,35). The number of rotatable bonds is 11. The van der Waals surface area contributed by atoms with Crippen LogP contribution in [0, 0.1) is 0 Å². The van der Waals surface area contributed by atoms with Crippen molar-refractivity contribution >= 4 is 23.2 Å². The van der Waals surface area contributed by atoms with Crippen LogP contribution in [-0.4, -0.2) is 51.1 Å². The highest BCUT2D eigenvalue weighted by Gasteiger charge is 2.25. The number of hydrogen-bond acceptors (Lipinski definition) is 9. The number of carbonyl (C=O) groups excluding carboxylic acids is 2. The lowest BCUT2D eigenvalue weighted by molar-refractivity contribution is -0.145. The topological polar surface area (TPSA) is 172 Å². The third-order valence-electron chi connectivity index (χ3n) is 5.72. The third-order valence-corrected chi connectivity index (χ3v) is 6.59. The molecular weight excluding hydrogens is 510 g/mol. The van der Waals surface area contributed by atoms with E-state index in [1.54, 1.807) is 42.6 Å². The second kappa shape index (κ2) is 12.2. The Morgan fingerprint density at radius 1 is 1.08 bits per heavy atom. The van der Waals surface area contributed by atoms with Crippen LogP contribution in [0.2, 0.25) is 0 Å². The minimum Gasteiger partial charge on any atom is -0.494 e. The van der Waals surface area contributed by atoms with Crippen molar-refractivity contribution in [3.05, 3.63) is 92.4 Å². The highest BCUT2D eigenvalue weighted by atomic mass is 32.1. The molecule has 0 bridgehead atoms. The van der Waals surface area contributed by atoms with E-state index in [0.717, 1.165) is 22.5 Å². The highest BCUT2D eigenvalue weighted by molar-refractivity contribution is 7.09. The van der Waals surface area contributed by atoms with Crippen LogP contribution in [0.5, 0.6) is 17.4 Å². The van der Waals surface area contributed by atoms with Crippen LogP contribution in [0.3, 0.4) is 0 Å². The fourth-order valence-electron chi connectivity index (χ4n) is 3.74. The van der Waals surface area contributed by atoms with Gasteiger partial charge in [0.1, 0.15) is 17.5 Å². The maximum atomic E-state index is 12.6. The van der Waals surface area contributed by atoms with E-state index in [1.165, 1.54) is 13.4 Å². The van der Waals surface area contributed by atoms with Gasteiger partial charge in [-0.25, -0.2) is 9.78 Å². The van der Waals surface area contributed by atoms with Crippen LogP contribution in [-0.2, 0) is 33.6 Å². The predicted octanol–water partition coefficient (Wildman–Crippen LogP) is 2.02. The van der Waals surface area contributed by atoms with Gasteiger partial charge in [0.15, 0.2) is 0 Å². The lowest BCUT2D eigenvalue weighted by atomic mass is 10.0. The molecular formula is C26H27N5O6S. The van der Waals surface area contributed by atoms with Gasteiger partial charge >= 0.3 is 10.8 Å². The first-order chi connectivity index (χ1) is 18.3. The molecule has 0 aliphatic heterocycles. The molecule has 11 nitrogen and oxygen atoms in total. The molecule has 6 N–H and O–H groups in total. The fraction of sp³-hybridized carbons (Fsp3) is 0.231. The summed E-state index contributed by atoms with van der Waals surface area (Å²) in [6.07, 6.45) is 3.98. The van der Waals surface area contributed by atoms with E-state index in [4.69, 9.17) is 15.2 Å². The van der Waals surface area contributed by atoms with Crippen LogP contribution in [0.15, 0.2) is 65.8 Å². The van der Waals surface area contributed by atoms with Crippen molar-refractivity contribution in [3.63, 3.8) is 0 Å². The van der Waals surface area contributed by atoms with Gasteiger partial charge in [-0.3, -0.25) is 14.6 Å². The molecule has 2 aromatic heterocycles. The number of nitrogens with one attached hydrogen (secondary N) is 3. The molecule has 198 valence electrons. The number of benzene rings is 2. The van der Waals surface area contributed by atoms with Gasteiger partial charge in [-0.2, -0.15) is 0 Å². The first-order valence-electron chi connectivity index (χ1n) is 11.7. The molecule has 0 fully saturated rings. The Labute approximate surface area is 221 Å². The van der Waals surface area contributed by atoms with Crippen molar-refractivity contribution in [2.75, 3.05) is 7.11 Å². The Bertz CT molecular complexity index is 1410. The molecule has 2 atom stereocenters. The average molecular weight is 538 g/mol. The molecule has 0 saturated heterocycles. The predicted molar refractivity (Wildman–Crippen MR) is 140 cm³/mol. The quantitative estimate of drug-likeness (QED) is 0.181. The number of ether oxygens (including phenoxy) is 2. The largest absolute Gasteiger partial charge is 0.494 e. The van der Waals surface area contributed by atoms with Crippen molar-refractivity contribution in [3.8, 4) is 17.4 Å². The third kappa shape index (κ3) is 7.08. The van der Waals surface area contributed by atoms with Gasteiger partial charge < -0.3 is 30.6 Å². The van der Waals surface area contributed by atoms with E-state index < -0.39 is 24.0 Å². The van der Waals surface area contributed by atoms with Gasteiger partial charge in [-0.15, -0.1) is 0 Å². The molecule has 4 rings (SSSR count). The number of amides is 1. The summed E-state index contributed by atoms with van der Waals surface area (Å²) in [6.45, 7) is 0. The lowest BCUT2D eigenvalue weighted by Gasteiger charge is -2.19. The Morgan fingerprint density at radius 2 is 1.74 bits per heavy atom. The van der Waals surface area contributed by atoms with Crippen LogP contribution >= 0.6 is 11.3 Å². The van der Waals surface area contributed by atoms with Gasteiger partial charge in [-0.05, 0) is 35.4 Å². The van der Waals surface area contributed by atoms with E-state index in [9.17, 15) is 19.5 Å². The molecule has 0 saturated carbocycles. The second-order valence-corrected chi connectivity index (χ2v) is 9.60. The van der Waals surface area contributed by atoms with Crippen molar-refractivity contribution in [2.24, 2.45) is 5.73 Å². The van der Waals surface area contributed by atoms with Crippen molar-refractivity contribution in [1.29, 1.82) is 0 Å². The fourth-order valence-corrected chi connectivity index (χ4v) is 4.50. The molecule has 0 aliphatic carbocycles. The normalized spacial score (nSPS) is 12.5. The smallest absolute Gasteiger partial charge is 0.328 e. The van der Waals surface area contributed by atoms with Gasteiger partial charge in [-0.1, -0.05) is 35.6 Å². The molecule has 38 heavy (non-hydrogen) atoms. The van der Waals surface area contributed by atoms with Crippen molar-refractivity contribution in [2.45, 2.75) is 31.3 Å². The van der Waals surface area contributed by atoms with E-state index in [2.05, 4.69) is 20.3 Å². The average Bonchev–Trinajstić information content (AvgIpc) is 3.53. The Balaban J connectivity index is 1.34. The number of thiazole rings is 1. The molecule has 12 heteroatoms. The summed E-state index contributed by atoms with van der Waals surface area (Å²) >= 11 is 0.975. The summed E-state index contributed by atoms with van der Waals surface area (Å²) in [6, 6.07) is 12.7. The zero-order valence-electron chi connectivity index (χ0n) is 20.5. The highest BCUT2D eigenvalue weighted by Crippen LogP contribution is 2.25. The molecule has 2 aromatic carbocycles. The number of esters is 1. The Morgan fingerprint density at radius 3 is 2.29 bits per heavy atom. The number of aromatic nitrogens is 3. The zero-order chi connectivity index (χ0) is 27.1. The monoisotopic (exact) mass is 537 g/mol. The first kappa shape index (κ1) is 26.6. The number of nitrogens with zero attached hydrogens (tertiary/aromatic N) is 1. The minimum absolute atomic E-state index is 0.105. The van der Waals surface area contributed by atoms with E-state index in [1.807, 2.05) is 12.1 Å². The van der Waals surface area contributed by atoms with Crippen LogP contribution in [0.25, 0.3) is 0 Å². The van der Waals surface area contributed by atoms with Crippen molar-refractivity contribution < 1.29 is 24.2 Å². The molecule has 0 radical (unpaired) electrons. The molecule has 2 unspecified atom stereocenters. The summed E-state index contributed by atoms with van der Waals surface area (Å²) in [5.74, 6) is 0.0422. The molecule has 0 aliphatic rings. The summed E-state index contributed by atoms with van der Waals surface area (Å²) < 4.78 is 10.8. The van der Waals surface area contributed by atoms with E-state index in [0.29, 0.717) is 28.5 Å². The minimum atomic E-state index is -0.905. The van der Waals surface area contributed by atoms with Crippen LogP contribution < -0.4 is 20.7 Å². The Kier molecular flexibility index (Phi) is 8.56. The number of aromatic amines is 2. The summed E-state index contributed by atoms with van der Waals surface area (Å²) in [5.41, 5.74) is 8.40. The van der Waals surface area contributed by atoms with Crippen LogP contribution in [0.1, 0.15) is 21.7 Å². The first-order valence-corrected chi connectivity index (χ1v) is 12.5. The second-order valence-electron chi connectivity index (χ2n) is 8.53. The van der Waals surface area contributed by atoms with Gasteiger partial charge in [0, 0.05) is 31.2 Å². The summed E-state index contributed by atoms with van der Waals surface area (Å²) in [4.78, 5) is 45.7. The molecule has 0 spiro atoms. The van der Waals surface area contributed by atoms with Crippen molar-refractivity contribution in [1.82, 2.24) is 20.3 Å². The molecule has 2 heterocycles. The zero-order valence-corrected chi connectivity index (χ0v) is 21.3. The maximum absolute atomic E-state index is 12.6. The number of aromatic hydroxyl groups is 1. The number of carbonyl (C=O) groups is 2. The molecule has 4 aromatic rings. The van der Waals surface area contributed by atoms with Gasteiger partial charge in [0.2, 0.25) is 11.8 Å². The van der Waals surface area contributed by atoms with Gasteiger partial charge in [0.05, 0.1) is 24.4 Å². The van der Waals surface area contributed by atoms with Crippen LogP contribution in [0.4, 0.5) is 0 Å². The van der Waals surface area contributed by atoms with E-state index in [-0.39, 0.29) is 23.6 Å². The SMILES string of the molecule is COC(=O)C(Cc1ccc(Oc2ccc(Cc3sc(=O)[nH]c3O)cc2)cc1)NC(=O)C(N)Cc1cnc[nH]1. The number of methoxy groups -OCH3 is 1. The number of nitrogens with two attached hydrogens (primary N) is 1. The van der Waals surface area contributed by atoms with Gasteiger partial charge in [0.25, 0.3) is 0 Å². The lowest BCUT2D eigenvalue weighted by Crippen LogP contribution is -2.50. The number of hydrogen-bond donors (Lipinski definition) is 5. The summed E-state index contributed by atoms with van der Waals surface area (Å²) in [7, 11) is 1.26.